The number of rotatable bonds is 6. The summed E-state index contributed by atoms with van der Waals surface area (Å²) in [5, 5.41) is 5.10. The minimum atomic E-state index is -1.08. The maximum atomic E-state index is 13.3. The molecule has 1 heterocycles. The van der Waals surface area contributed by atoms with E-state index >= 15 is 0 Å². The van der Waals surface area contributed by atoms with Crippen LogP contribution in [0.2, 0.25) is 0 Å². The van der Waals surface area contributed by atoms with Crippen LogP contribution in [0.5, 0.6) is 0 Å². The number of nitrogens with zero attached hydrogens (tertiary/aromatic N) is 1. The highest BCUT2D eigenvalue weighted by molar-refractivity contribution is 6.05. The Hall–Kier alpha value is -3.68. The molecule has 0 saturated carbocycles. The third kappa shape index (κ3) is 5.41. The van der Waals surface area contributed by atoms with Crippen molar-refractivity contribution in [1.82, 2.24) is 10.3 Å². The van der Waals surface area contributed by atoms with E-state index in [0.29, 0.717) is 13.0 Å². The molecule has 0 aliphatic heterocycles. The van der Waals surface area contributed by atoms with Crippen molar-refractivity contribution < 1.29 is 22.8 Å². The van der Waals surface area contributed by atoms with Crippen LogP contribution in [0.4, 0.5) is 18.9 Å². The molecule has 1 aromatic heterocycles. The number of hydrogen-bond acceptors (Lipinski definition) is 3. The maximum absolute atomic E-state index is 13.3. The molecule has 0 saturated heterocycles. The number of benzene rings is 2. The van der Waals surface area contributed by atoms with E-state index in [1.165, 1.54) is 36.5 Å². The average Bonchev–Trinajstić information content (AvgIpc) is 2.72. The van der Waals surface area contributed by atoms with Gasteiger partial charge in [0.25, 0.3) is 11.8 Å². The van der Waals surface area contributed by atoms with Crippen LogP contribution in [-0.4, -0.2) is 23.3 Å². The first-order valence-corrected chi connectivity index (χ1v) is 8.67. The van der Waals surface area contributed by atoms with E-state index in [2.05, 4.69) is 15.6 Å². The molecule has 0 spiro atoms. The Morgan fingerprint density at radius 2 is 1.62 bits per heavy atom. The molecule has 0 atom stereocenters. The summed E-state index contributed by atoms with van der Waals surface area (Å²) < 4.78 is 39.1. The number of pyridine rings is 1. The van der Waals surface area contributed by atoms with Crippen molar-refractivity contribution in [3.05, 3.63) is 95.1 Å². The summed E-state index contributed by atoms with van der Waals surface area (Å²) in [6.07, 6.45) is 1.80. The van der Waals surface area contributed by atoms with Gasteiger partial charge in [0.05, 0.1) is 0 Å². The largest absolute Gasteiger partial charge is 0.350 e. The Morgan fingerprint density at radius 1 is 0.862 bits per heavy atom. The number of nitrogens with one attached hydrogen (secondary N) is 2. The first-order chi connectivity index (χ1) is 13.9. The fourth-order valence-electron chi connectivity index (χ4n) is 2.54. The normalized spacial score (nSPS) is 10.4. The molecule has 0 fully saturated rings. The summed E-state index contributed by atoms with van der Waals surface area (Å²) in [5.41, 5.74) is 1.10. The minimum Gasteiger partial charge on any atom is -0.350 e. The predicted molar refractivity (Wildman–Crippen MR) is 101 cm³/mol. The summed E-state index contributed by atoms with van der Waals surface area (Å²) >= 11 is 0. The highest BCUT2D eigenvalue weighted by Gasteiger charge is 2.13. The number of carbonyl (C=O) groups excluding carboxylic acids is 2. The summed E-state index contributed by atoms with van der Waals surface area (Å²) in [7, 11) is 0. The van der Waals surface area contributed by atoms with Crippen molar-refractivity contribution in [2.24, 2.45) is 0 Å². The molecule has 0 bridgehead atoms. The van der Waals surface area contributed by atoms with E-state index in [0.717, 1.165) is 17.7 Å². The SMILES string of the molecule is O=C(Nc1ccc(F)c(F)c1)c1ccnc(C(=O)NCCc2ccc(F)cc2)c1. The second-order valence-corrected chi connectivity index (χ2v) is 6.15. The molecule has 0 unspecified atom stereocenters. The molecule has 2 amide bonds. The molecule has 3 rings (SSSR count). The summed E-state index contributed by atoms with van der Waals surface area (Å²) in [5.74, 6) is -3.51. The topological polar surface area (TPSA) is 71.1 Å². The van der Waals surface area contributed by atoms with Gasteiger partial charge < -0.3 is 10.6 Å². The second kappa shape index (κ2) is 9.01. The smallest absolute Gasteiger partial charge is 0.269 e. The summed E-state index contributed by atoms with van der Waals surface area (Å²) in [6, 6.07) is 11.6. The van der Waals surface area contributed by atoms with E-state index in [4.69, 9.17) is 0 Å². The Bertz CT molecular complexity index is 1040. The fraction of sp³-hybridized carbons (Fsp3) is 0.0952. The highest BCUT2D eigenvalue weighted by atomic mass is 19.2. The molecule has 8 heteroatoms. The lowest BCUT2D eigenvalue weighted by molar-refractivity contribution is 0.0949. The Balaban J connectivity index is 1.60. The van der Waals surface area contributed by atoms with Crippen LogP contribution in [0.25, 0.3) is 0 Å². The van der Waals surface area contributed by atoms with Crippen molar-refractivity contribution in [1.29, 1.82) is 0 Å². The molecule has 3 aromatic rings. The fourth-order valence-corrected chi connectivity index (χ4v) is 2.54. The van der Waals surface area contributed by atoms with Crippen LogP contribution < -0.4 is 10.6 Å². The Kier molecular flexibility index (Phi) is 6.23. The van der Waals surface area contributed by atoms with Crippen LogP contribution in [0, 0.1) is 17.5 Å². The monoisotopic (exact) mass is 399 g/mol. The third-order valence-electron chi connectivity index (χ3n) is 4.04. The van der Waals surface area contributed by atoms with Crippen LogP contribution in [0.15, 0.2) is 60.8 Å². The van der Waals surface area contributed by atoms with Crippen molar-refractivity contribution >= 4 is 17.5 Å². The molecular formula is C21H16F3N3O2. The van der Waals surface area contributed by atoms with Gasteiger partial charge in [0.1, 0.15) is 11.5 Å². The summed E-state index contributed by atoms with van der Waals surface area (Å²) in [6.45, 7) is 0.303. The van der Waals surface area contributed by atoms with Crippen LogP contribution in [0.3, 0.4) is 0 Å². The van der Waals surface area contributed by atoms with E-state index < -0.39 is 23.4 Å². The lowest BCUT2D eigenvalue weighted by atomic mass is 10.1. The van der Waals surface area contributed by atoms with Gasteiger partial charge in [-0.15, -0.1) is 0 Å². The quantitative estimate of drug-likeness (QED) is 0.664. The van der Waals surface area contributed by atoms with E-state index in [-0.39, 0.29) is 22.8 Å². The van der Waals surface area contributed by atoms with Crippen LogP contribution in [0.1, 0.15) is 26.4 Å². The number of halogens is 3. The van der Waals surface area contributed by atoms with E-state index in [1.54, 1.807) is 12.1 Å². The van der Waals surface area contributed by atoms with Crippen molar-refractivity contribution in [3.63, 3.8) is 0 Å². The van der Waals surface area contributed by atoms with Gasteiger partial charge in [0, 0.05) is 30.1 Å². The zero-order valence-electron chi connectivity index (χ0n) is 15.1. The molecule has 5 nitrogen and oxygen atoms in total. The van der Waals surface area contributed by atoms with Gasteiger partial charge in [0.2, 0.25) is 0 Å². The van der Waals surface area contributed by atoms with Crippen LogP contribution >= 0.6 is 0 Å². The number of anilines is 1. The lowest BCUT2D eigenvalue weighted by Gasteiger charge is -2.08. The van der Waals surface area contributed by atoms with E-state index in [1.807, 2.05) is 0 Å². The molecule has 0 aliphatic carbocycles. The summed E-state index contributed by atoms with van der Waals surface area (Å²) in [4.78, 5) is 28.5. The van der Waals surface area contributed by atoms with Gasteiger partial charge in [-0.3, -0.25) is 14.6 Å². The van der Waals surface area contributed by atoms with Gasteiger partial charge in [0.15, 0.2) is 11.6 Å². The van der Waals surface area contributed by atoms with Crippen molar-refractivity contribution in [2.75, 3.05) is 11.9 Å². The van der Waals surface area contributed by atoms with Gasteiger partial charge in [-0.1, -0.05) is 12.1 Å². The first kappa shape index (κ1) is 20.1. The van der Waals surface area contributed by atoms with Crippen molar-refractivity contribution in [3.8, 4) is 0 Å². The zero-order valence-corrected chi connectivity index (χ0v) is 15.1. The molecule has 148 valence electrons. The van der Waals surface area contributed by atoms with Gasteiger partial charge in [-0.25, -0.2) is 13.2 Å². The van der Waals surface area contributed by atoms with Crippen LogP contribution in [-0.2, 0) is 6.42 Å². The molecule has 29 heavy (non-hydrogen) atoms. The molecule has 0 radical (unpaired) electrons. The second-order valence-electron chi connectivity index (χ2n) is 6.15. The molecule has 2 N–H and O–H groups in total. The molecular weight excluding hydrogens is 383 g/mol. The number of hydrogen-bond donors (Lipinski definition) is 2. The zero-order chi connectivity index (χ0) is 20.8. The molecule has 2 aromatic carbocycles. The average molecular weight is 399 g/mol. The number of carbonyl (C=O) groups is 2. The Labute approximate surface area is 164 Å². The van der Waals surface area contributed by atoms with Gasteiger partial charge >= 0.3 is 0 Å². The maximum Gasteiger partial charge on any atom is 0.269 e. The highest BCUT2D eigenvalue weighted by Crippen LogP contribution is 2.14. The number of aromatic nitrogens is 1. The van der Waals surface area contributed by atoms with E-state index in [9.17, 15) is 22.8 Å². The predicted octanol–water partition coefficient (Wildman–Crippen LogP) is 3.72. The first-order valence-electron chi connectivity index (χ1n) is 8.67. The minimum absolute atomic E-state index is 0.0297. The molecule has 0 aliphatic rings. The van der Waals surface area contributed by atoms with Gasteiger partial charge in [-0.05, 0) is 48.4 Å². The van der Waals surface area contributed by atoms with Crippen molar-refractivity contribution in [2.45, 2.75) is 6.42 Å². The lowest BCUT2D eigenvalue weighted by Crippen LogP contribution is -2.27. The van der Waals surface area contributed by atoms with Gasteiger partial charge in [-0.2, -0.15) is 0 Å². The number of amides is 2. The Morgan fingerprint density at radius 3 is 2.34 bits per heavy atom. The standard InChI is InChI=1S/C21H16F3N3O2/c22-15-3-1-13(2-4-15)7-9-26-21(29)19-11-14(8-10-25-19)20(28)27-16-5-6-17(23)18(24)12-16/h1-6,8,10-12H,7,9H2,(H,26,29)(H,27,28). The third-order valence-corrected chi connectivity index (χ3v) is 4.04.